The molecule has 0 spiro atoms. The fourth-order valence-electron chi connectivity index (χ4n) is 3.34. The molecule has 0 unspecified atom stereocenters. The van der Waals surface area contributed by atoms with Gasteiger partial charge in [-0.15, -0.1) is 11.3 Å². The summed E-state index contributed by atoms with van der Waals surface area (Å²) in [7, 11) is 0. The summed E-state index contributed by atoms with van der Waals surface area (Å²) in [5, 5.41) is 5.15. The van der Waals surface area contributed by atoms with E-state index in [-0.39, 0.29) is 28.8 Å². The van der Waals surface area contributed by atoms with Crippen LogP contribution >= 0.6 is 11.3 Å². The number of thiophene rings is 1. The van der Waals surface area contributed by atoms with Gasteiger partial charge in [-0.1, -0.05) is 33.8 Å². The molecule has 1 saturated carbocycles. The zero-order chi connectivity index (χ0) is 13.6. The van der Waals surface area contributed by atoms with Gasteiger partial charge in [0.05, 0.1) is 6.42 Å². The van der Waals surface area contributed by atoms with Crippen molar-refractivity contribution in [3.63, 3.8) is 0 Å². The van der Waals surface area contributed by atoms with Crippen molar-refractivity contribution in [2.24, 2.45) is 16.6 Å². The Morgan fingerprint density at radius 3 is 2.50 bits per heavy atom. The van der Waals surface area contributed by atoms with Crippen LogP contribution in [0.3, 0.4) is 0 Å². The molecule has 3 N–H and O–H groups in total. The topological polar surface area (TPSA) is 55.1 Å². The van der Waals surface area contributed by atoms with Crippen LogP contribution in [0.2, 0.25) is 0 Å². The van der Waals surface area contributed by atoms with E-state index in [1.54, 1.807) is 11.3 Å². The number of hydrogen-bond acceptors (Lipinski definition) is 3. The van der Waals surface area contributed by atoms with Crippen LogP contribution < -0.4 is 11.1 Å². The Morgan fingerprint density at radius 1 is 1.39 bits per heavy atom. The minimum Gasteiger partial charge on any atom is -0.352 e. The average Bonchev–Trinajstić information content (AvgIpc) is 2.77. The van der Waals surface area contributed by atoms with Gasteiger partial charge in [-0.2, -0.15) is 0 Å². The van der Waals surface area contributed by atoms with E-state index in [0.717, 1.165) is 4.88 Å². The van der Waals surface area contributed by atoms with Gasteiger partial charge in [-0.25, -0.2) is 0 Å². The Bertz CT molecular complexity index is 421. The second kappa shape index (κ2) is 4.35. The van der Waals surface area contributed by atoms with Gasteiger partial charge in [0.1, 0.15) is 0 Å². The van der Waals surface area contributed by atoms with Gasteiger partial charge in [0, 0.05) is 27.8 Å². The molecule has 1 aromatic heterocycles. The van der Waals surface area contributed by atoms with Crippen LogP contribution in [0, 0.1) is 10.8 Å². The molecule has 2 rings (SSSR count). The van der Waals surface area contributed by atoms with Gasteiger partial charge in [0.15, 0.2) is 0 Å². The van der Waals surface area contributed by atoms with E-state index in [0.29, 0.717) is 6.42 Å². The molecular formula is C14H22N2OS. The molecule has 3 nitrogen and oxygen atoms in total. The maximum absolute atomic E-state index is 12.1. The third-order valence-corrected chi connectivity index (χ3v) is 5.19. The molecule has 1 aliphatic rings. The number of amides is 1. The van der Waals surface area contributed by atoms with Crippen molar-refractivity contribution in [1.29, 1.82) is 0 Å². The Hall–Kier alpha value is -0.870. The molecule has 0 aromatic carbocycles. The summed E-state index contributed by atoms with van der Waals surface area (Å²) < 4.78 is 0. The fourth-order valence-corrected chi connectivity index (χ4v) is 4.04. The van der Waals surface area contributed by atoms with E-state index < -0.39 is 0 Å². The molecule has 0 radical (unpaired) electrons. The standard InChI is InChI=1S/C14H22N2OS/c1-13(2)11(15)14(3,4)12(13)16-10(17)8-9-6-5-7-18-9/h5-7,11-12H,8,15H2,1-4H3,(H,16,17). The Kier molecular flexibility index (Phi) is 3.28. The van der Waals surface area contributed by atoms with Gasteiger partial charge >= 0.3 is 0 Å². The summed E-state index contributed by atoms with van der Waals surface area (Å²) in [5.41, 5.74) is 6.12. The number of carbonyl (C=O) groups is 1. The smallest absolute Gasteiger partial charge is 0.225 e. The zero-order valence-electron chi connectivity index (χ0n) is 11.5. The first-order valence-electron chi connectivity index (χ1n) is 6.33. The van der Waals surface area contributed by atoms with Crippen molar-refractivity contribution in [2.75, 3.05) is 0 Å². The minimum atomic E-state index is -0.0331. The van der Waals surface area contributed by atoms with Crippen LogP contribution in [0.5, 0.6) is 0 Å². The van der Waals surface area contributed by atoms with Crippen molar-refractivity contribution in [1.82, 2.24) is 5.32 Å². The fraction of sp³-hybridized carbons (Fsp3) is 0.643. The summed E-state index contributed by atoms with van der Waals surface area (Å²) in [6, 6.07) is 4.23. The molecule has 4 heteroatoms. The molecule has 0 saturated heterocycles. The van der Waals surface area contributed by atoms with Crippen LogP contribution in [0.25, 0.3) is 0 Å². The van der Waals surface area contributed by atoms with E-state index in [1.807, 2.05) is 17.5 Å². The van der Waals surface area contributed by atoms with Crippen molar-refractivity contribution in [2.45, 2.75) is 46.2 Å². The quantitative estimate of drug-likeness (QED) is 0.881. The lowest BCUT2D eigenvalue weighted by molar-refractivity contribution is -0.131. The molecule has 0 bridgehead atoms. The maximum Gasteiger partial charge on any atom is 0.225 e. The maximum atomic E-state index is 12.1. The van der Waals surface area contributed by atoms with Crippen molar-refractivity contribution in [3.05, 3.63) is 22.4 Å². The number of rotatable bonds is 3. The number of nitrogens with two attached hydrogens (primary N) is 1. The monoisotopic (exact) mass is 266 g/mol. The molecule has 1 aromatic rings. The van der Waals surface area contributed by atoms with Gasteiger partial charge in [0.2, 0.25) is 5.91 Å². The first-order valence-corrected chi connectivity index (χ1v) is 7.21. The summed E-state index contributed by atoms with van der Waals surface area (Å²) in [6.45, 7) is 8.50. The number of hydrogen-bond donors (Lipinski definition) is 2. The van der Waals surface area contributed by atoms with Crippen LogP contribution in [-0.2, 0) is 11.2 Å². The van der Waals surface area contributed by atoms with Crippen molar-refractivity contribution >= 4 is 17.2 Å². The number of nitrogens with one attached hydrogen (secondary N) is 1. The molecule has 18 heavy (non-hydrogen) atoms. The Balaban J connectivity index is 1.99. The Labute approximate surface area is 113 Å². The highest BCUT2D eigenvalue weighted by atomic mass is 32.1. The first kappa shape index (κ1) is 13.6. The summed E-state index contributed by atoms with van der Waals surface area (Å²) in [5.74, 6) is 0.0931. The van der Waals surface area contributed by atoms with E-state index >= 15 is 0 Å². The zero-order valence-corrected chi connectivity index (χ0v) is 12.3. The predicted molar refractivity (Wildman–Crippen MR) is 75.5 cm³/mol. The van der Waals surface area contributed by atoms with Crippen LogP contribution in [0.4, 0.5) is 0 Å². The van der Waals surface area contributed by atoms with Crippen LogP contribution in [-0.4, -0.2) is 18.0 Å². The molecule has 1 heterocycles. The largest absolute Gasteiger partial charge is 0.352 e. The molecule has 0 atom stereocenters. The van der Waals surface area contributed by atoms with E-state index in [9.17, 15) is 4.79 Å². The molecule has 0 aliphatic heterocycles. The summed E-state index contributed by atoms with van der Waals surface area (Å²) >= 11 is 1.62. The lowest BCUT2D eigenvalue weighted by Gasteiger charge is -2.62. The summed E-state index contributed by atoms with van der Waals surface area (Å²) in [6.07, 6.45) is 0.468. The third-order valence-electron chi connectivity index (χ3n) is 4.31. The van der Waals surface area contributed by atoms with Crippen LogP contribution in [0.1, 0.15) is 32.6 Å². The van der Waals surface area contributed by atoms with E-state index in [1.165, 1.54) is 0 Å². The second-order valence-corrected chi connectivity index (χ2v) is 7.41. The highest BCUT2D eigenvalue weighted by molar-refractivity contribution is 7.10. The SMILES string of the molecule is CC1(C)C(N)C(C)(C)C1NC(=O)Cc1cccs1. The van der Waals surface area contributed by atoms with E-state index in [2.05, 4.69) is 33.0 Å². The number of carbonyl (C=O) groups excluding carboxylic acids is 1. The average molecular weight is 266 g/mol. The normalized spacial score (nSPS) is 28.5. The second-order valence-electron chi connectivity index (χ2n) is 6.38. The van der Waals surface area contributed by atoms with E-state index in [4.69, 9.17) is 5.73 Å². The molecular weight excluding hydrogens is 244 g/mol. The van der Waals surface area contributed by atoms with Gasteiger partial charge in [-0.3, -0.25) is 4.79 Å². The highest BCUT2D eigenvalue weighted by Crippen LogP contribution is 2.52. The van der Waals surface area contributed by atoms with Crippen LogP contribution in [0.15, 0.2) is 17.5 Å². The lowest BCUT2D eigenvalue weighted by Crippen LogP contribution is -2.76. The van der Waals surface area contributed by atoms with Gasteiger partial charge < -0.3 is 11.1 Å². The highest BCUT2D eigenvalue weighted by Gasteiger charge is 2.60. The lowest BCUT2D eigenvalue weighted by atomic mass is 9.48. The summed E-state index contributed by atoms with van der Waals surface area (Å²) in [4.78, 5) is 13.2. The third kappa shape index (κ3) is 2.08. The molecule has 1 amide bonds. The molecule has 1 aliphatic carbocycles. The van der Waals surface area contributed by atoms with Gasteiger partial charge in [0.25, 0.3) is 0 Å². The Morgan fingerprint density at radius 2 is 2.00 bits per heavy atom. The van der Waals surface area contributed by atoms with Gasteiger partial charge in [-0.05, 0) is 11.4 Å². The van der Waals surface area contributed by atoms with Crippen molar-refractivity contribution in [3.8, 4) is 0 Å². The predicted octanol–water partition coefficient (Wildman–Crippen LogP) is 2.17. The van der Waals surface area contributed by atoms with Crippen molar-refractivity contribution < 1.29 is 4.79 Å². The molecule has 1 fully saturated rings. The molecule has 100 valence electrons. The minimum absolute atomic E-state index is 0.0331. The first-order chi connectivity index (χ1) is 8.26.